The van der Waals surface area contributed by atoms with Crippen LogP contribution in [-0.2, 0) is 10.0 Å². The number of carbonyl (C=O) groups is 1. The molecule has 0 spiro atoms. The van der Waals surface area contributed by atoms with Crippen molar-refractivity contribution in [3.05, 3.63) is 23.8 Å². The molecule has 6 nitrogen and oxygen atoms in total. The molecule has 0 bridgehead atoms. The van der Waals surface area contributed by atoms with Gasteiger partial charge < -0.3 is 10.4 Å². The first-order chi connectivity index (χ1) is 9.67. The van der Waals surface area contributed by atoms with E-state index in [2.05, 4.69) is 10.0 Å². The molecule has 1 rings (SSSR count). The number of benzene rings is 1. The number of carboxylic acid groups (broad SMARTS) is 1. The summed E-state index contributed by atoms with van der Waals surface area (Å²) in [6.45, 7) is 7.38. The number of sulfonamides is 1. The Kier molecular flexibility index (Phi) is 5.74. The van der Waals surface area contributed by atoms with Crippen molar-refractivity contribution in [3.8, 4) is 0 Å². The van der Waals surface area contributed by atoms with Crippen LogP contribution in [0.15, 0.2) is 23.1 Å². The molecule has 1 aromatic carbocycles. The van der Waals surface area contributed by atoms with Crippen molar-refractivity contribution < 1.29 is 18.3 Å². The van der Waals surface area contributed by atoms with Crippen LogP contribution in [0.2, 0.25) is 0 Å². The molecule has 0 amide bonds. The molecule has 21 heavy (non-hydrogen) atoms. The molecule has 0 saturated carbocycles. The van der Waals surface area contributed by atoms with Crippen molar-refractivity contribution in [2.24, 2.45) is 0 Å². The van der Waals surface area contributed by atoms with Gasteiger partial charge in [0.1, 0.15) is 4.90 Å². The van der Waals surface area contributed by atoms with E-state index in [0.29, 0.717) is 12.1 Å². The fourth-order valence-corrected chi connectivity index (χ4v) is 3.24. The van der Waals surface area contributed by atoms with Crippen molar-refractivity contribution in [2.75, 3.05) is 5.32 Å². The third-order valence-corrected chi connectivity index (χ3v) is 4.56. The minimum absolute atomic E-state index is 0.0261. The van der Waals surface area contributed by atoms with Gasteiger partial charge in [0.15, 0.2) is 0 Å². The molecule has 0 aliphatic heterocycles. The van der Waals surface area contributed by atoms with Crippen LogP contribution in [0.1, 0.15) is 44.5 Å². The van der Waals surface area contributed by atoms with Crippen LogP contribution in [-0.4, -0.2) is 31.6 Å². The number of nitrogens with one attached hydrogen (secondary N) is 2. The highest BCUT2D eigenvalue weighted by molar-refractivity contribution is 7.89. The molecule has 1 atom stereocenters. The number of anilines is 1. The van der Waals surface area contributed by atoms with Gasteiger partial charge in [-0.05, 0) is 45.4 Å². The molecule has 0 fully saturated rings. The second-order valence-corrected chi connectivity index (χ2v) is 6.93. The van der Waals surface area contributed by atoms with Gasteiger partial charge in [0.05, 0.1) is 11.3 Å². The lowest BCUT2D eigenvalue weighted by Crippen LogP contribution is -2.33. The number of aromatic carboxylic acids is 1. The summed E-state index contributed by atoms with van der Waals surface area (Å²) in [7, 11) is -3.78. The Labute approximate surface area is 125 Å². The molecule has 0 heterocycles. The number of rotatable bonds is 7. The Morgan fingerprint density at radius 1 is 1.29 bits per heavy atom. The van der Waals surface area contributed by atoms with Crippen LogP contribution < -0.4 is 10.0 Å². The highest BCUT2D eigenvalue weighted by atomic mass is 32.2. The van der Waals surface area contributed by atoms with Crippen LogP contribution in [0.25, 0.3) is 0 Å². The lowest BCUT2D eigenvalue weighted by molar-refractivity contribution is 0.0696. The SMILES string of the molecule is CC[C@H](C)NS(=O)(=O)c1cc(C(=O)O)ccc1NC(C)C. The molecule has 0 unspecified atom stereocenters. The molecule has 1 aromatic rings. The Bertz CT molecular complexity index is 611. The number of hydrogen-bond acceptors (Lipinski definition) is 4. The average Bonchev–Trinajstić information content (AvgIpc) is 2.37. The zero-order valence-electron chi connectivity index (χ0n) is 12.7. The monoisotopic (exact) mass is 314 g/mol. The molecule has 0 radical (unpaired) electrons. The maximum absolute atomic E-state index is 12.4. The Morgan fingerprint density at radius 3 is 2.38 bits per heavy atom. The predicted molar refractivity (Wildman–Crippen MR) is 82.2 cm³/mol. The van der Waals surface area contributed by atoms with Crippen molar-refractivity contribution >= 4 is 21.7 Å². The summed E-state index contributed by atoms with van der Waals surface area (Å²) in [5, 5.41) is 12.1. The molecule has 7 heteroatoms. The number of carboxylic acids is 1. The van der Waals surface area contributed by atoms with E-state index in [9.17, 15) is 13.2 Å². The lowest BCUT2D eigenvalue weighted by atomic mass is 10.2. The minimum atomic E-state index is -3.78. The van der Waals surface area contributed by atoms with E-state index in [0.717, 1.165) is 0 Å². The minimum Gasteiger partial charge on any atom is -0.478 e. The fourth-order valence-electron chi connectivity index (χ4n) is 1.72. The molecule has 0 aromatic heterocycles. The van der Waals surface area contributed by atoms with E-state index in [1.165, 1.54) is 18.2 Å². The van der Waals surface area contributed by atoms with Crippen LogP contribution in [0, 0.1) is 0 Å². The van der Waals surface area contributed by atoms with Crippen molar-refractivity contribution in [1.82, 2.24) is 4.72 Å². The topological polar surface area (TPSA) is 95.5 Å². The molecule has 0 aliphatic rings. The van der Waals surface area contributed by atoms with E-state index in [1.54, 1.807) is 6.92 Å². The van der Waals surface area contributed by atoms with Crippen LogP contribution in [0.5, 0.6) is 0 Å². The van der Waals surface area contributed by atoms with Gasteiger partial charge in [-0.25, -0.2) is 17.9 Å². The van der Waals surface area contributed by atoms with Crippen molar-refractivity contribution in [2.45, 2.75) is 51.1 Å². The van der Waals surface area contributed by atoms with Gasteiger partial charge in [-0.1, -0.05) is 6.92 Å². The second kappa shape index (κ2) is 6.91. The molecule has 118 valence electrons. The number of hydrogen-bond donors (Lipinski definition) is 3. The summed E-state index contributed by atoms with van der Waals surface area (Å²) in [5.41, 5.74) is 0.333. The summed E-state index contributed by atoms with van der Waals surface area (Å²) in [5.74, 6) is -1.16. The van der Waals surface area contributed by atoms with E-state index < -0.39 is 16.0 Å². The molecule has 0 aliphatic carbocycles. The normalized spacial score (nSPS) is 13.2. The maximum Gasteiger partial charge on any atom is 0.335 e. The van der Waals surface area contributed by atoms with E-state index in [1.807, 2.05) is 20.8 Å². The van der Waals surface area contributed by atoms with Gasteiger partial charge in [-0.3, -0.25) is 0 Å². The molecular weight excluding hydrogens is 292 g/mol. The quantitative estimate of drug-likeness (QED) is 0.717. The molecular formula is C14H22N2O4S. The summed E-state index contributed by atoms with van der Waals surface area (Å²) in [4.78, 5) is 11.0. The first-order valence-corrected chi connectivity index (χ1v) is 8.32. The van der Waals surface area contributed by atoms with Crippen LogP contribution in [0.3, 0.4) is 0 Å². The maximum atomic E-state index is 12.4. The second-order valence-electron chi connectivity index (χ2n) is 5.25. The third kappa shape index (κ3) is 4.71. The third-order valence-electron chi connectivity index (χ3n) is 2.93. The molecule has 3 N–H and O–H groups in total. The fraction of sp³-hybridized carbons (Fsp3) is 0.500. The van der Waals surface area contributed by atoms with Crippen LogP contribution in [0.4, 0.5) is 5.69 Å². The average molecular weight is 314 g/mol. The van der Waals surface area contributed by atoms with Gasteiger partial charge >= 0.3 is 5.97 Å². The zero-order chi connectivity index (χ0) is 16.2. The highest BCUT2D eigenvalue weighted by Gasteiger charge is 2.22. The summed E-state index contributed by atoms with van der Waals surface area (Å²) >= 11 is 0. The summed E-state index contributed by atoms with van der Waals surface area (Å²) in [6.07, 6.45) is 0.644. The smallest absolute Gasteiger partial charge is 0.335 e. The highest BCUT2D eigenvalue weighted by Crippen LogP contribution is 2.24. The first kappa shape index (κ1) is 17.5. The standard InChI is InChI=1S/C14H22N2O4S/c1-5-10(4)16-21(19,20)13-8-11(14(17)18)6-7-12(13)15-9(2)3/h6-10,15-16H,5H2,1-4H3,(H,17,18)/t10-/m0/s1. The van der Waals surface area contributed by atoms with Gasteiger partial charge in [0.2, 0.25) is 10.0 Å². The van der Waals surface area contributed by atoms with E-state index >= 15 is 0 Å². The summed E-state index contributed by atoms with van der Waals surface area (Å²) in [6, 6.07) is 3.84. The zero-order valence-corrected chi connectivity index (χ0v) is 13.5. The first-order valence-electron chi connectivity index (χ1n) is 6.83. The largest absolute Gasteiger partial charge is 0.478 e. The van der Waals surface area contributed by atoms with Gasteiger partial charge in [-0.2, -0.15) is 0 Å². The van der Waals surface area contributed by atoms with Gasteiger partial charge in [0, 0.05) is 12.1 Å². The van der Waals surface area contributed by atoms with E-state index in [-0.39, 0.29) is 22.5 Å². The Hall–Kier alpha value is -1.60. The van der Waals surface area contributed by atoms with Crippen molar-refractivity contribution in [3.63, 3.8) is 0 Å². The predicted octanol–water partition coefficient (Wildman–Crippen LogP) is 2.28. The molecule has 0 saturated heterocycles. The Morgan fingerprint density at radius 2 is 1.90 bits per heavy atom. The van der Waals surface area contributed by atoms with Crippen molar-refractivity contribution in [1.29, 1.82) is 0 Å². The summed E-state index contributed by atoms with van der Waals surface area (Å²) < 4.78 is 27.4. The van der Waals surface area contributed by atoms with Crippen LogP contribution >= 0.6 is 0 Å². The van der Waals surface area contributed by atoms with Gasteiger partial charge in [-0.15, -0.1) is 0 Å². The van der Waals surface area contributed by atoms with Gasteiger partial charge in [0.25, 0.3) is 0 Å². The Balaban J connectivity index is 3.34. The van der Waals surface area contributed by atoms with E-state index in [4.69, 9.17) is 5.11 Å². The lowest BCUT2D eigenvalue weighted by Gasteiger charge is -2.18.